The van der Waals surface area contributed by atoms with Crippen LogP contribution in [-0.4, -0.2) is 22.0 Å². The second kappa shape index (κ2) is 5.69. The van der Waals surface area contributed by atoms with Gasteiger partial charge in [-0.05, 0) is 18.6 Å². The van der Waals surface area contributed by atoms with Crippen LogP contribution in [0.3, 0.4) is 0 Å². The molecule has 0 unspecified atom stereocenters. The molecule has 0 spiro atoms. The highest BCUT2D eigenvalue weighted by Crippen LogP contribution is 2.19. The highest BCUT2D eigenvalue weighted by atomic mass is 19.1. The summed E-state index contributed by atoms with van der Waals surface area (Å²) in [5.41, 5.74) is 7.03. The summed E-state index contributed by atoms with van der Waals surface area (Å²) in [6.45, 7) is 3.10. The fourth-order valence-electron chi connectivity index (χ4n) is 1.92. The van der Waals surface area contributed by atoms with Gasteiger partial charge in [0, 0.05) is 25.6 Å². The van der Waals surface area contributed by atoms with E-state index in [4.69, 9.17) is 5.73 Å². The number of carbonyl (C=O) groups excluding carboxylic acids is 1. The Morgan fingerprint density at radius 3 is 3.05 bits per heavy atom. The Balaban J connectivity index is 2.12. The van der Waals surface area contributed by atoms with Crippen LogP contribution in [0, 0.1) is 5.82 Å². The summed E-state index contributed by atoms with van der Waals surface area (Å²) in [6.07, 6.45) is 1.23. The Hall–Kier alpha value is -2.11. The molecule has 2 rings (SSSR count). The number of imidazole rings is 1. The second-order valence-corrected chi connectivity index (χ2v) is 4.35. The van der Waals surface area contributed by atoms with Crippen molar-refractivity contribution in [2.45, 2.75) is 26.3 Å². The third-order valence-corrected chi connectivity index (χ3v) is 2.87. The fourth-order valence-corrected chi connectivity index (χ4v) is 1.92. The lowest BCUT2D eigenvalue weighted by molar-refractivity contribution is -0.121. The van der Waals surface area contributed by atoms with Gasteiger partial charge in [-0.25, -0.2) is 9.37 Å². The van der Waals surface area contributed by atoms with E-state index in [1.54, 1.807) is 10.6 Å². The zero-order valence-corrected chi connectivity index (χ0v) is 10.8. The van der Waals surface area contributed by atoms with Crippen LogP contribution in [0.15, 0.2) is 18.2 Å². The van der Waals surface area contributed by atoms with Crippen molar-refractivity contribution in [3.8, 4) is 0 Å². The minimum atomic E-state index is -0.349. The lowest BCUT2D eigenvalue weighted by Crippen LogP contribution is -2.25. The molecule has 0 radical (unpaired) electrons. The van der Waals surface area contributed by atoms with Crippen molar-refractivity contribution in [1.29, 1.82) is 0 Å². The van der Waals surface area contributed by atoms with Gasteiger partial charge < -0.3 is 15.6 Å². The van der Waals surface area contributed by atoms with Gasteiger partial charge in [0.15, 0.2) is 0 Å². The molecule has 102 valence electrons. The Morgan fingerprint density at radius 1 is 1.53 bits per heavy atom. The summed E-state index contributed by atoms with van der Waals surface area (Å²) in [5.74, 6) is -0.0769. The Labute approximate surface area is 110 Å². The summed E-state index contributed by atoms with van der Waals surface area (Å²) in [6, 6.07) is 4.31. The number of nitrogens with one attached hydrogen (secondary N) is 1. The summed E-state index contributed by atoms with van der Waals surface area (Å²) in [5, 5.41) is 2.80. The van der Waals surface area contributed by atoms with E-state index in [0.29, 0.717) is 31.0 Å². The quantitative estimate of drug-likeness (QED) is 0.862. The van der Waals surface area contributed by atoms with Gasteiger partial charge >= 0.3 is 0 Å². The van der Waals surface area contributed by atoms with Crippen molar-refractivity contribution in [3.05, 3.63) is 24.0 Å². The van der Waals surface area contributed by atoms with Crippen molar-refractivity contribution in [2.24, 2.45) is 0 Å². The normalized spacial score (nSPS) is 10.8. The van der Waals surface area contributed by atoms with Gasteiger partial charge in [-0.1, -0.05) is 6.92 Å². The number of halogens is 1. The van der Waals surface area contributed by atoms with Gasteiger partial charge in [0.1, 0.15) is 5.82 Å². The number of anilines is 1. The molecule has 0 saturated heterocycles. The topological polar surface area (TPSA) is 72.9 Å². The summed E-state index contributed by atoms with van der Waals surface area (Å²) < 4.78 is 14.8. The number of hydrogen-bond acceptors (Lipinski definition) is 3. The molecule has 2 aromatic rings. The number of nitrogen functional groups attached to an aromatic ring is 1. The molecule has 1 heterocycles. The van der Waals surface area contributed by atoms with Crippen LogP contribution in [0.2, 0.25) is 0 Å². The lowest BCUT2D eigenvalue weighted by Gasteiger charge is -2.07. The zero-order valence-electron chi connectivity index (χ0n) is 10.8. The molecule has 0 aliphatic carbocycles. The zero-order chi connectivity index (χ0) is 13.8. The maximum atomic E-state index is 13.1. The summed E-state index contributed by atoms with van der Waals surface area (Å²) in [4.78, 5) is 15.6. The predicted octanol–water partition coefficient (Wildman–Crippen LogP) is 1.67. The number of hydrogen-bond donors (Lipinski definition) is 2. The molecule has 1 amide bonds. The molecule has 6 heteroatoms. The highest BCUT2D eigenvalue weighted by molar-refractivity contribution is 5.79. The van der Waals surface area contributed by atoms with Gasteiger partial charge in [0.25, 0.3) is 0 Å². The molecule has 0 aliphatic heterocycles. The number of rotatable bonds is 5. The summed E-state index contributed by atoms with van der Waals surface area (Å²) in [7, 11) is 0. The Bertz CT molecular complexity index is 594. The third kappa shape index (κ3) is 3.01. The number of carbonyl (C=O) groups is 1. The van der Waals surface area contributed by atoms with Crippen molar-refractivity contribution in [1.82, 2.24) is 14.9 Å². The maximum Gasteiger partial charge on any atom is 0.221 e. The number of nitrogens with two attached hydrogens (primary N) is 1. The van der Waals surface area contributed by atoms with Gasteiger partial charge in [0.05, 0.1) is 11.0 Å². The molecular formula is C13H17FN4O. The first kappa shape index (κ1) is 13.3. The molecule has 5 nitrogen and oxygen atoms in total. The van der Waals surface area contributed by atoms with Crippen LogP contribution in [0.4, 0.5) is 10.3 Å². The average Bonchev–Trinajstić information content (AvgIpc) is 2.68. The molecule has 3 N–H and O–H groups in total. The molecule has 0 bridgehead atoms. The van der Waals surface area contributed by atoms with E-state index < -0.39 is 0 Å². The van der Waals surface area contributed by atoms with E-state index in [1.807, 2.05) is 6.92 Å². The number of nitrogens with zero attached hydrogens (tertiary/aromatic N) is 2. The van der Waals surface area contributed by atoms with Crippen LogP contribution in [0.25, 0.3) is 11.0 Å². The van der Waals surface area contributed by atoms with Crippen LogP contribution in [0.1, 0.15) is 19.8 Å². The lowest BCUT2D eigenvalue weighted by atomic mass is 10.3. The first-order valence-corrected chi connectivity index (χ1v) is 6.29. The van der Waals surface area contributed by atoms with Gasteiger partial charge in [-0.3, -0.25) is 4.79 Å². The maximum absolute atomic E-state index is 13.1. The molecule has 0 fully saturated rings. The smallest absolute Gasteiger partial charge is 0.221 e. The average molecular weight is 264 g/mol. The standard InChI is InChI=1S/C13H17FN4O/c1-2-6-16-12(19)5-7-18-11-4-3-9(14)8-10(11)17-13(18)15/h3-4,8H,2,5-7H2,1H3,(H2,15,17)(H,16,19). The van der Waals surface area contributed by atoms with Crippen LogP contribution < -0.4 is 11.1 Å². The molecule has 0 saturated carbocycles. The van der Waals surface area contributed by atoms with Crippen molar-refractivity contribution >= 4 is 22.9 Å². The Kier molecular flexibility index (Phi) is 3.99. The van der Waals surface area contributed by atoms with E-state index in [1.165, 1.54) is 12.1 Å². The van der Waals surface area contributed by atoms with E-state index in [0.717, 1.165) is 11.9 Å². The van der Waals surface area contributed by atoms with E-state index in [-0.39, 0.29) is 11.7 Å². The first-order chi connectivity index (χ1) is 9.11. The Morgan fingerprint density at radius 2 is 2.32 bits per heavy atom. The fraction of sp³-hybridized carbons (Fsp3) is 0.385. The van der Waals surface area contributed by atoms with E-state index in [9.17, 15) is 9.18 Å². The SMILES string of the molecule is CCCNC(=O)CCn1c(N)nc2cc(F)ccc21. The molecule has 1 aromatic heterocycles. The minimum Gasteiger partial charge on any atom is -0.369 e. The number of aromatic nitrogens is 2. The van der Waals surface area contributed by atoms with Crippen molar-refractivity contribution in [3.63, 3.8) is 0 Å². The van der Waals surface area contributed by atoms with Crippen LogP contribution >= 0.6 is 0 Å². The largest absolute Gasteiger partial charge is 0.369 e. The third-order valence-electron chi connectivity index (χ3n) is 2.87. The molecule has 0 aliphatic rings. The van der Waals surface area contributed by atoms with E-state index >= 15 is 0 Å². The van der Waals surface area contributed by atoms with Crippen LogP contribution in [0.5, 0.6) is 0 Å². The van der Waals surface area contributed by atoms with E-state index in [2.05, 4.69) is 10.3 Å². The highest BCUT2D eigenvalue weighted by Gasteiger charge is 2.10. The second-order valence-electron chi connectivity index (χ2n) is 4.35. The van der Waals surface area contributed by atoms with Gasteiger partial charge in [-0.15, -0.1) is 0 Å². The number of amides is 1. The van der Waals surface area contributed by atoms with Crippen molar-refractivity contribution in [2.75, 3.05) is 12.3 Å². The predicted molar refractivity (Wildman–Crippen MR) is 72.0 cm³/mol. The first-order valence-electron chi connectivity index (χ1n) is 6.29. The summed E-state index contributed by atoms with van der Waals surface area (Å²) >= 11 is 0. The molecule has 19 heavy (non-hydrogen) atoms. The molecular weight excluding hydrogens is 247 g/mol. The number of aryl methyl sites for hydroxylation is 1. The van der Waals surface area contributed by atoms with Gasteiger partial charge in [-0.2, -0.15) is 0 Å². The van der Waals surface area contributed by atoms with Crippen LogP contribution in [-0.2, 0) is 11.3 Å². The minimum absolute atomic E-state index is 0.0230. The monoisotopic (exact) mass is 264 g/mol. The number of benzene rings is 1. The van der Waals surface area contributed by atoms with Crippen molar-refractivity contribution < 1.29 is 9.18 Å². The molecule has 1 aromatic carbocycles. The van der Waals surface area contributed by atoms with Gasteiger partial charge in [0.2, 0.25) is 11.9 Å². The molecule has 0 atom stereocenters. The number of fused-ring (bicyclic) bond motifs is 1.